The smallest absolute Gasteiger partial charge is 0.0510 e. The average molecular weight is 223 g/mol. The molecule has 3 fully saturated rings. The molecule has 0 radical (unpaired) electrons. The second-order valence-corrected chi connectivity index (χ2v) is 6.05. The Morgan fingerprint density at radius 2 is 2.19 bits per heavy atom. The van der Waals surface area contributed by atoms with E-state index in [2.05, 4.69) is 12.2 Å². The van der Waals surface area contributed by atoms with Crippen molar-refractivity contribution >= 4 is 0 Å². The largest absolute Gasteiger partial charge is 0.381 e. The number of hydrogen-bond acceptors (Lipinski definition) is 2. The molecule has 0 spiro atoms. The number of fused-ring (bicyclic) bond motifs is 2. The van der Waals surface area contributed by atoms with E-state index in [1.165, 1.54) is 32.1 Å². The van der Waals surface area contributed by atoms with Gasteiger partial charge in [0, 0.05) is 18.6 Å². The molecule has 2 bridgehead atoms. The van der Waals surface area contributed by atoms with Crippen molar-refractivity contribution in [2.24, 2.45) is 23.7 Å². The van der Waals surface area contributed by atoms with E-state index in [0.29, 0.717) is 0 Å². The van der Waals surface area contributed by atoms with E-state index in [-0.39, 0.29) is 0 Å². The van der Waals surface area contributed by atoms with Crippen molar-refractivity contribution in [1.82, 2.24) is 5.32 Å². The van der Waals surface area contributed by atoms with E-state index in [1.54, 1.807) is 0 Å². The molecule has 0 aromatic carbocycles. The Morgan fingerprint density at radius 3 is 2.75 bits per heavy atom. The molecule has 16 heavy (non-hydrogen) atoms. The molecule has 2 saturated carbocycles. The summed E-state index contributed by atoms with van der Waals surface area (Å²) in [6, 6.07) is 0.753. The van der Waals surface area contributed by atoms with Crippen LogP contribution in [0.3, 0.4) is 0 Å². The fourth-order valence-electron chi connectivity index (χ4n) is 4.47. The van der Waals surface area contributed by atoms with Gasteiger partial charge < -0.3 is 10.1 Å². The van der Waals surface area contributed by atoms with Gasteiger partial charge in [0.05, 0.1) is 6.61 Å². The Morgan fingerprint density at radius 1 is 1.25 bits per heavy atom. The number of rotatable bonds is 4. The Kier molecular flexibility index (Phi) is 3.21. The monoisotopic (exact) mass is 223 g/mol. The van der Waals surface area contributed by atoms with Crippen molar-refractivity contribution in [3.8, 4) is 0 Å². The molecule has 5 unspecified atom stereocenters. The van der Waals surface area contributed by atoms with Crippen LogP contribution in [0.15, 0.2) is 0 Å². The summed E-state index contributed by atoms with van der Waals surface area (Å²) in [6.45, 7) is 5.37. The van der Waals surface area contributed by atoms with Gasteiger partial charge in [-0.3, -0.25) is 0 Å². The molecule has 2 aliphatic carbocycles. The van der Waals surface area contributed by atoms with Gasteiger partial charge in [0.2, 0.25) is 0 Å². The summed E-state index contributed by atoms with van der Waals surface area (Å²) in [6.07, 6.45) is 7.33. The molecule has 0 amide bonds. The van der Waals surface area contributed by atoms with E-state index in [4.69, 9.17) is 4.74 Å². The molecule has 3 aliphatic rings. The quantitative estimate of drug-likeness (QED) is 0.790. The Balaban J connectivity index is 1.67. The van der Waals surface area contributed by atoms with Crippen molar-refractivity contribution in [2.45, 2.75) is 45.1 Å². The summed E-state index contributed by atoms with van der Waals surface area (Å²) < 4.78 is 5.58. The molecule has 92 valence electrons. The first-order chi connectivity index (χ1) is 7.88. The molecule has 0 aromatic rings. The summed E-state index contributed by atoms with van der Waals surface area (Å²) in [7, 11) is 0. The van der Waals surface area contributed by atoms with Gasteiger partial charge in [0.15, 0.2) is 0 Å². The topological polar surface area (TPSA) is 21.3 Å². The van der Waals surface area contributed by atoms with Crippen LogP contribution >= 0.6 is 0 Å². The lowest BCUT2D eigenvalue weighted by molar-refractivity contribution is 0.148. The van der Waals surface area contributed by atoms with Crippen LogP contribution < -0.4 is 5.32 Å². The zero-order chi connectivity index (χ0) is 11.0. The van der Waals surface area contributed by atoms with Crippen LogP contribution in [0.4, 0.5) is 0 Å². The summed E-state index contributed by atoms with van der Waals surface area (Å²) in [5.74, 6) is 3.86. The molecule has 2 heteroatoms. The van der Waals surface area contributed by atoms with Crippen molar-refractivity contribution in [3.05, 3.63) is 0 Å². The lowest BCUT2D eigenvalue weighted by Crippen LogP contribution is -2.44. The van der Waals surface area contributed by atoms with E-state index >= 15 is 0 Å². The van der Waals surface area contributed by atoms with Gasteiger partial charge in [0.25, 0.3) is 0 Å². The van der Waals surface area contributed by atoms with Crippen LogP contribution in [0.25, 0.3) is 0 Å². The first-order valence-electron chi connectivity index (χ1n) is 7.19. The standard InChI is InChI=1S/C14H25NO/c1-2-15-14(12-5-6-16-9-12)13-8-10-3-4-11(13)7-10/h10-15H,2-9H2,1H3. The number of nitrogens with one attached hydrogen (secondary N) is 1. The van der Waals surface area contributed by atoms with Crippen molar-refractivity contribution in [2.75, 3.05) is 19.8 Å². The van der Waals surface area contributed by atoms with E-state index in [1.807, 2.05) is 0 Å². The second kappa shape index (κ2) is 4.66. The normalized spacial score (nSPS) is 44.1. The van der Waals surface area contributed by atoms with Crippen molar-refractivity contribution in [1.29, 1.82) is 0 Å². The molecule has 1 heterocycles. The molecular weight excluding hydrogens is 198 g/mol. The predicted octanol–water partition coefficient (Wildman–Crippen LogP) is 2.44. The van der Waals surface area contributed by atoms with Crippen LogP contribution in [-0.4, -0.2) is 25.8 Å². The molecule has 5 atom stereocenters. The van der Waals surface area contributed by atoms with E-state index < -0.39 is 0 Å². The Labute approximate surface area is 99.1 Å². The van der Waals surface area contributed by atoms with Gasteiger partial charge in [-0.25, -0.2) is 0 Å². The summed E-state index contributed by atoms with van der Waals surface area (Å²) >= 11 is 0. The lowest BCUT2D eigenvalue weighted by atomic mass is 9.77. The van der Waals surface area contributed by atoms with Crippen molar-refractivity contribution in [3.63, 3.8) is 0 Å². The first kappa shape index (κ1) is 11.0. The third-order valence-electron chi connectivity index (χ3n) is 5.17. The summed E-state index contributed by atoms with van der Waals surface area (Å²) in [4.78, 5) is 0. The lowest BCUT2D eigenvalue weighted by Gasteiger charge is -2.34. The molecule has 1 N–H and O–H groups in total. The molecule has 1 saturated heterocycles. The van der Waals surface area contributed by atoms with Crippen LogP contribution in [0, 0.1) is 23.7 Å². The minimum Gasteiger partial charge on any atom is -0.381 e. The summed E-state index contributed by atoms with van der Waals surface area (Å²) in [5.41, 5.74) is 0. The SMILES string of the molecule is CCNC(C1CCOC1)C1CC2CCC1C2. The third-order valence-corrected chi connectivity index (χ3v) is 5.17. The van der Waals surface area contributed by atoms with Gasteiger partial charge >= 0.3 is 0 Å². The van der Waals surface area contributed by atoms with Gasteiger partial charge in [-0.2, -0.15) is 0 Å². The third kappa shape index (κ3) is 1.91. The van der Waals surface area contributed by atoms with Crippen LogP contribution in [-0.2, 0) is 4.74 Å². The maximum atomic E-state index is 5.58. The van der Waals surface area contributed by atoms with E-state index in [0.717, 1.165) is 49.5 Å². The molecule has 1 aliphatic heterocycles. The minimum absolute atomic E-state index is 0.753. The van der Waals surface area contributed by atoms with Gasteiger partial charge in [-0.1, -0.05) is 13.3 Å². The molecule has 3 rings (SSSR count). The van der Waals surface area contributed by atoms with Crippen molar-refractivity contribution < 1.29 is 4.74 Å². The fraction of sp³-hybridized carbons (Fsp3) is 1.00. The van der Waals surface area contributed by atoms with Gasteiger partial charge in [-0.15, -0.1) is 0 Å². The molecule has 0 aromatic heterocycles. The molecular formula is C14H25NO. The zero-order valence-electron chi connectivity index (χ0n) is 10.5. The van der Waals surface area contributed by atoms with E-state index in [9.17, 15) is 0 Å². The minimum atomic E-state index is 0.753. The first-order valence-corrected chi connectivity index (χ1v) is 7.19. The number of hydrogen-bond donors (Lipinski definition) is 1. The van der Waals surface area contributed by atoms with Crippen LogP contribution in [0.1, 0.15) is 39.0 Å². The number of ether oxygens (including phenoxy) is 1. The van der Waals surface area contributed by atoms with Gasteiger partial charge in [-0.05, 0) is 50.0 Å². The maximum absolute atomic E-state index is 5.58. The predicted molar refractivity (Wildman–Crippen MR) is 65.3 cm³/mol. The highest BCUT2D eigenvalue weighted by Gasteiger charge is 2.45. The highest BCUT2D eigenvalue weighted by molar-refractivity contribution is 4.97. The highest BCUT2D eigenvalue weighted by atomic mass is 16.5. The fourth-order valence-corrected chi connectivity index (χ4v) is 4.47. The Bertz CT molecular complexity index is 237. The summed E-state index contributed by atoms with van der Waals surface area (Å²) in [5, 5.41) is 3.77. The average Bonchev–Trinajstić information content (AvgIpc) is 3.01. The molecule has 2 nitrogen and oxygen atoms in total. The van der Waals surface area contributed by atoms with Gasteiger partial charge in [0.1, 0.15) is 0 Å². The maximum Gasteiger partial charge on any atom is 0.0510 e. The zero-order valence-corrected chi connectivity index (χ0v) is 10.5. The highest BCUT2D eigenvalue weighted by Crippen LogP contribution is 2.50. The van der Waals surface area contributed by atoms with Crippen LogP contribution in [0.2, 0.25) is 0 Å². The Hall–Kier alpha value is -0.0800. The second-order valence-electron chi connectivity index (χ2n) is 6.05. The van der Waals surface area contributed by atoms with Crippen LogP contribution in [0.5, 0.6) is 0 Å².